The Hall–Kier alpha value is -1.27. The van der Waals surface area contributed by atoms with E-state index in [2.05, 4.69) is 58.0 Å². The Bertz CT molecular complexity index is 613. The van der Waals surface area contributed by atoms with Crippen LogP contribution < -0.4 is 0 Å². The molecular weight excluding hydrogens is 276 g/mol. The summed E-state index contributed by atoms with van der Waals surface area (Å²) >= 11 is 6.41. The monoisotopic (exact) mass is 300 g/mol. The predicted molar refractivity (Wildman–Crippen MR) is 94.1 cm³/mol. The van der Waals surface area contributed by atoms with Crippen molar-refractivity contribution in [2.24, 2.45) is 5.92 Å². The molecule has 0 fully saturated rings. The van der Waals surface area contributed by atoms with Gasteiger partial charge in [0, 0.05) is 10.6 Å². The molecule has 2 aromatic carbocycles. The van der Waals surface area contributed by atoms with Crippen molar-refractivity contribution in [3.05, 3.63) is 58.1 Å². The second-order valence-electron chi connectivity index (χ2n) is 6.13. The molecule has 0 saturated carbocycles. The third-order valence-electron chi connectivity index (χ3n) is 4.46. The fraction of sp³-hybridized carbons (Fsp3) is 0.400. The topological polar surface area (TPSA) is 0 Å². The SMILES string of the molecule is CC[C@H](C)CCc1cccc(-c2cc(C)ccc2Cl)c1C. The Morgan fingerprint density at radius 2 is 1.81 bits per heavy atom. The lowest BCUT2D eigenvalue weighted by molar-refractivity contribution is 0.516. The molecule has 0 saturated heterocycles. The van der Waals surface area contributed by atoms with Gasteiger partial charge in [-0.25, -0.2) is 0 Å². The van der Waals surface area contributed by atoms with Gasteiger partial charge in [-0.3, -0.25) is 0 Å². The van der Waals surface area contributed by atoms with Gasteiger partial charge in [-0.05, 0) is 61.4 Å². The molecule has 0 aromatic heterocycles. The summed E-state index contributed by atoms with van der Waals surface area (Å²) < 4.78 is 0. The third kappa shape index (κ3) is 3.89. The fourth-order valence-corrected chi connectivity index (χ4v) is 2.92. The van der Waals surface area contributed by atoms with Crippen LogP contribution >= 0.6 is 11.6 Å². The van der Waals surface area contributed by atoms with Gasteiger partial charge in [-0.2, -0.15) is 0 Å². The summed E-state index contributed by atoms with van der Waals surface area (Å²) in [6.45, 7) is 8.93. The van der Waals surface area contributed by atoms with Gasteiger partial charge in [0.25, 0.3) is 0 Å². The molecule has 112 valence electrons. The first-order valence-electron chi connectivity index (χ1n) is 7.88. The molecule has 0 aliphatic carbocycles. The lowest BCUT2D eigenvalue weighted by atomic mass is 9.91. The predicted octanol–water partition coefficient (Wildman–Crippen LogP) is 6.60. The van der Waals surface area contributed by atoms with Gasteiger partial charge in [0.15, 0.2) is 0 Å². The summed E-state index contributed by atoms with van der Waals surface area (Å²) in [6, 6.07) is 12.8. The van der Waals surface area contributed by atoms with E-state index < -0.39 is 0 Å². The molecule has 1 atom stereocenters. The van der Waals surface area contributed by atoms with Crippen LogP contribution in [0.5, 0.6) is 0 Å². The van der Waals surface area contributed by atoms with Crippen molar-refractivity contribution < 1.29 is 0 Å². The summed E-state index contributed by atoms with van der Waals surface area (Å²) in [5.74, 6) is 0.788. The Kier molecular flexibility index (Phi) is 5.47. The van der Waals surface area contributed by atoms with Crippen molar-refractivity contribution in [2.45, 2.75) is 47.0 Å². The summed E-state index contributed by atoms with van der Waals surface area (Å²) in [5.41, 5.74) is 6.49. The molecule has 2 aromatic rings. The molecule has 0 aliphatic heterocycles. The van der Waals surface area contributed by atoms with Crippen LogP contribution in [0.25, 0.3) is 11.1 Å². The minimum Gasteiger partial charge on any atom is -0.0837 e. The second kappa shape index (κ2) is 7.13. The van der Waals surface area contributed by atoms with Crippen molar-refractivity contribution in [2.75, 3.05) is 0 Å². The molecule has 0 amide bonds. The molecule has 0 N–H and O–H groups in total. The lowest BCUT2D eigenvalue weighted by Crippen LogP contribution is -1.98. The maximum absolute atomic E-state index is 6.41. The zero-order valence-corrected chi connectivity index (χ0v) is 14.3. The highest BCUT2D eigenvalue weighted by Gasteiger charge is 2.10. The third-order valence-corrected chi connectivity index (χ3v) is 4.79. The van der Waals surface area contributed by atoms with Crippen LogP contribution in [0.1, 0.15) is 43.4 Å². The van der Waals surface area contributed by atoms with Crippen LogP contribution in [0, 0.1) is 19.8 Å². The van der Waals surface area contributed by atoms with E-state index in [1.54, 1.807) is 0 Å². The second-order valence-corrected chi connectivity index (χ2v) is 6.53. The fourth-order valence-electron chi connectivity index (χ4n) is 2.70. The van der Waals surface area contributed by atoms with E-state index in [0.717, 1.165) is 22.9 Å². The highest BCUT2D eigenvalue weighted by Crippen LogP contribution is 2.33. The van der Waals surface area contributed by atoms with Gasteiger partial charge in [0.1, 0.15) is 0 Å². The van der Waals surface area contributed by atoms with E-state index in [0.29, 0.717) is 0 Å². The summed E-state index contributed by atoms with van der Waals surface area (Å²) in [7, 11) is 0. The number of benzene rings is 2. The maximum Gasteiger partial charge on any atom is 0.0484 e. The highest BCUT2D eigenvalue weighted by molar-refractivity contribution is 6.33. The summed E-state index contributed by atoms with van der Waals surface area (Å²) in [5, 5.41) is 0.836. The van der Waals surface area contributed by atoms with E-state index in [-0.39, 0.29) is 0 Å². The first kappa shape index (κ1) is 16.1. The first-order valence-corrected chi connectivity index (χ1v) is 8.25. The van der Waals surface area contributed by atoms with Crippen molar-refractivity contribution >= 4 is 11.6 Å². The number of rotatable bonds is 5. The summed E-state index contributed by atoms with van der Waals surface area (Å²) in [4.78, 5) is 0. The Morgan fingerprint density at radius 1 is 1.05 bits per heavy atom. The van der Waals surface area contributed by atoms with Crippen LogP contribution in [0.4, 0.5) is 0 Å². The van der Waals surface area contributed by atoms with Crippen molar-refractivity contribution in [3.63, 3.8) is 0 Å². The minimum atomic E-state index is 0.788. The molecule has 1 heteroatoms. The molecule has 0 aliphatic rings. The zero-order chi connectivity index (χ0) is 15.4. The van der Waals surface area contributed by atoms with Gasteiger partial charge in [-0.15, -0.1) is 0 Å². The van der Waals surface area contributed by atoms with E-state index in [4.69, 9.17) is 11.6 Å². The highest BCUT2D eigenvalue weighted by atomic mass is 35.5. The molecule has 21 heavy (non-hydrogen) atoms. The van der Waals surface area contributed by atoms with E-state index >= 15 is 0 Å². The smallest absolute Gasteiger partial charge is 0.0484 e. The summed E-state index contributed by atoms with van der Waals surface area (Å²) in [6.07, 6.45) is 3.66. The molecule has 0 nitrogen and oxygen atoms in total. The van der Waals surface area contributed by atoms with Crippen LogP contribution in [-0.2, 0) is 6.42 Å². The number of hydrogen-bond donors (Lipinski definition) is 0. The Morgan fingerprint density at radius 3 is 2.52 bits per heavy atom. The van der Waals surface area contributed by atoms with Gasteiger partial charge in [-0.1, -0.05) is 61.7 Å². The van der Waals surface area contributed by atoms with Gasteiger partial charge in [0.2, 0.25) is 0 Å². The van der Waals surface area contributed by atoms with Crippen LogP contribution in [-0.4, -0.2) is 0 Å². The van der Waals surface area contributed by atoms with Crippen LogP contribution in [0.2, 0.25) is 5.02 Å². The Balaban J connectivity index is 2.35. The zero-order valence-electron chi connectivity index (χ0n) is 13.5. The molecule has 0 heterocycles. The number of hydrogen-bond acceptors (Lipinski definition) is 0. The molecule has 2 rings (SSSR count). The average molecular weight is 301 g/mol. The maximum atomic E-state index is 6.41. The molecule has 0 radical (unpaired) electrons. The van der Waals surface area contributed by atoms with Gasteiger partial charge in [0.05, 0.1) is 0 Å². The van der Waals surface area contributed by atoms with Crippen molar-refractivity contribution in [1.29, 1.82) is 0 Å². The molecule has 0 bridgehead atoms. The van der Waals surface area contributed by atoms with Crippen LogP contribution in [0.3, 0.4) is 0 Å². The van der Waals surface area contributed by atoms with Crippen molar-refractivity contribution in [1.82, 2.24) is 0 Å². The molecule has 0 unspecified atom stereocenters. The van der Waals surface area contributed by atoms with Gasteiger partial charge < -0.3 is 0 Å². The van der Waals surface area contributed by atoms with E-state index in [1.165, 1.54) is 35.1 Å². The number of aryl methyl sites for hydroxylation is 2. The van der Waals surface area contributed by atoms with Gasteiger partial charge >= 0.3 is 0 Å². The van der Waals surface area contributed by atoms with E-state index in [1.807, 2.05) is 6.07 Å². The molecule has 0 spiro atoms. The van der Waals surface area contributed by atoms with E-state index in [9.17, 15) is 0 Å². The Labute approximate surface area is 134 Å². The standard InChI is InChI=1S/C20H25Cl/c1-5-14(2)9-11-17-7-6-8-18(16(17)4)19-13-15(3)10-12-20(19)21/h6-8,10,12-14H,5,9,11H2,1-4H3/t14-/m0/s1. The number of halogens is 1. The quantitative estimate of drug-likeness (QED) is 0.583. The van der Waals surface area contributed by atoms with Crippen molar-refractivity contribution in [3.8, 4) is 11.1 Å². The molecular formula is C20H25Cl. The minimum absolute atomic E-state index is 0.788. The average Bonchev–Trinajstić information content (AvgIpc) is 2.48. The normalized spacial score (nSPS) is 12.4. The lowest BCUT2D eigenvalue weighted by Gasteiger charge is -2.15. The largest absolute Gasteiger partial charge is 0.0837 e. The first-order chi connectivity index (χ1) is 10.0. The van der Waals surface area contributed by atoms with Crippen LogP contribution in [0.15, 0.2) is 36.4 Å².